The fourth-order valence-electron chi connectivity index (χ4n) is 4.46. The predicted octanol–water partition coefficient (Wildman–Crippen LogP) is 1.64. The van der Waals surface area contributed by atoms with Crippen molar-refractivity contribution in [1.29, 1.82) is 0 Å². The Morgan fingerprint density at radius 2 is 1.15 bits per heavy atom. The molecule has 6 amide bonds. The van der Waals surface area contributed by atoms with Crippen LogP contribution in [0.4, 0.5) is 22.9 Å². The molecule has 0 aromatic carbocycles. The number of anilines is 4. The summed E-state index contributed by atoms with van der Waals surface area (Å²) in [6.07, 6.45) is 6.11. The van der Waals surface area contributed by atoms with Gasteiger partial charge in [-0.3, -0.25) is 28.8 Å². The number of nitrogens with two attached hydrogens (primary N) is 1. The van der Waals surface area contributed by atoms with Crippen LogP contribution in [-0.2, 0) is 37.8 Å². The molecule has 246 valence electrons. The van der Waals surface area contributed by atoms with Gasteiger partial charge in [0, 0.05) is 65.9 Å². The monoisotopic (exact) mass is 709 g/mol. The van der Waals surface area contributed by atoms with Crippen molar-refractivity contribution in [3.8, 4) is 0 Å². The number of carbonyl (C=O) groups excluding carboxylic acids is 6. The lowest BCUT2D eigenvalue weighted by atomic mass is 10.3. The maximum atomic E-state index is 13.1. The van der Waals surface area contributed by atoms with E-state index in [0.29, 0.717) is 17.1 Å². The van der Waals surface area contributed by atoms with Crippen LogP contribution in [0.15, 0.2) is 54.0 Å². The van der Waals surface area contributed by atoms with E-state index in [1.165, 1.54) is 38.1 Å². The lowest BCUT2D eigenvalue weighted by molar-refractivity contribution is -0.118. The van der Waals surface area contributed by atoms with Gasteiger partial charge >= 0.3 is 0 Å². The molecule has 0 saturated heterocycles. The average molecular weight is 711 g/mol. The molecule has 0 aliphatic carbocycles. The minimum atomic E-state index is -0.557. The summed E-state index contributed by atoms with van der Waals surface area (Å²) < 4.78 is 6.14. The summed E-state index contributed by atoms with van der Waals surface area (Å²) in [6.45, 7) is 3.56. The third kappa shape index (κ3) is 8.23. The fourth-order valence-corrected chi connectivity index (χ4v) is 4.56. The summed E-state index contributed by atoms with van der Waals surface area (Å²) in [5.41, 5.74) is 6.84. The average Bonchev–Trinajstić information content (AvgIpc) is 3.73. The minimum absolute atomic E-state index is 0.0153. The number of aryl methyl sites for hydroxylation is 4. The standard InChI is InChI=1S/C29H32BrN11O6/c1-15(30)25(43)33-16-8-19(38(2)11-16)26(44)34-17-9-20(39(3)12-17)27(45)35-18-10-21(40(4)13-18)28(46)37-23-14-41(5)24(36-23)29(47)32-7-6-22(31)42/h8-14H,1,6-7H2,2-5H3,(H2,31,42)(H,32,47)(H,33,43)(H,34,44)(H,35,45)(H,37,46). The number of primary amides is 1. The van der Waals surface area contributed by atoms with E-state index in [9.17, 15) is 28.8 Å². The second-order valence-corrected chi connectivity index (χ2v) is 11.4. The molecule has 0 saturated carbocycles. The lowest BCUT2D eigenvalue weighted by Crippen LogP contribution is -2.29. The number of aromatic nitrogens is 5. The third-order valence-corrected chi connectivity index (χ3v) is 7.07. The Balaban J connectivity index is 1.38. The summed E-state index contributed by atoms with van der Waals surface area (Å²) in [4.78, 5) is 78.3. The predicted molar refractivity (Wildman–Crippen MR) is 176 cm³/mol. The van der Waals surface area contributed by atoms with Crippen LogP contribution in [0.2, 0.25) is 0 Å². The Labute approximate surface area is 276 Å². The van der Waals surface area contributed by atoms with Gasteiger partial charge in [-0.2, -0.15) is 0 Å². The zero-order chi connectivity index (χ0) is 34.6. The summed E-state index contributed by atoms with van der Waals surface area (Å²) in [7, 11) is 6.48. The number of imidazole rings is 1. The third-order valence-electron chi connectivity index (χ3n) is 6.71. The van der Waals surface area contributed by atoms with Gasteiger partial charge in [-0.1, -0.05) is 6.58 Å². The molecule has 4 rings (SSSR count). The molecule has 47 heavy (non-hydrogen) atoms. The van der Waals surface area contributed by atoms with Crippen LogP contribution < -0.4 is 32.3 Å². The smallest absolute Gasteiger partial charge is 0.287 e. The van der Waals surface area contributed by atoms with Crippen LogP contribution in [0, 0.1) is 0 Å². The Bertz CT molecular complexity index is 1930. The van der Waals surface area contributed by atoms with Crippen LogP contribution in [0.25, 0.3) is 0 Å². The van der Waals surface area contributed by atoms with Gasteiger partial charge in [0.15, 0.2) is 5.82 Å². The molecule has 0 unspecified atom stereocenters. The Hall–Kier alpha value is -5.91. The maximum Gasteiger partial charge on any atom is 0.287 e. The largest absolute Gasteiger partial charge is 0.370 e. The molecule has 17 nitrogen and oxygen atoms in total. The van der Waals surface area contributed by atoms with Gasteiger partial charge in [0.1, 0.15) is 17.1 Å². The number of carbonyl (C=O) groups is 6. The van der Waals surface area contributed by atoms with Gasteiger partial charge in [0.2, 0.25) is 11.7 Å². The van der Waals surface area contributed by atoms with Gasteiger partial charge < -0.3 is 50.6 Å². The number of rotatable bonds is 12. The molecule has 4 aromatic heterocycles. The lowest BCUT2D eigenvalue weighted by Gasteiger charge is -2.03. The van der Waals surface area contributed by atoms with Crippen LogP contribution >= 0.6 is 15.9 Å². The summed E-state index contributed by atoms with van der Waals surface area (Å²) >= 11 is 3.01. The highest BCUT2D eigenvalue weighted by atomic mass is 79.9. The number of hydrogen-bond acceptors (Lipinski definition) is 7. The van der Waals surface area contributed by atoms with E-state index in [1.807, 2.05) is 0 Å². The summed E-state index contributed by atoms with van der Waals surface area (Å²) in [5, 5.41) is 13.2. The Morgan fingerprint density at radius 3 is 1.60 bits per heavy atom. The molecule has 0 radical (unpaired) electrons. The summed E-state index contributed by atoms with van der Waals surface area (Å²) in [5.74, 6) is -2.93. The van der Waals surface area contributed by atoms with E-state index < -0.39 is 35.4 Å². The second-order valence-electron chi connectivity index (χ2n) is 10.4. The zero-order valence-electron chi connectivity index (χ0n) is 25.8. The molecular weight excluding hydrogens is 678 g/mol. The van der Waals surface area contributed by atoms with E-state index in [4.69, 9.17) is 5.73 Å². The number of nitrogens with one attached hydrogen (secondary N) is 5. The number of amides is 6. The molecule has 0 aliphatic heterocycles. The fraction of sp³-hybridized carbons (Fsp3) is 0.207. The molecule has 0 fully saturated rings. The first-order valence-corrected chi connectivity index (χ1v) is 14.6. The van der Waals surface area contributed by atoms with Crippen molar-refractivity contribution in [3.63, 3.8) is 0 Å². The molecule has 18 heteroatoms. The van der Waals surface area contributed by atoms with Crippen molar-refractivity contribution >= 4 is 74.3 Å². The number of halogens is 1. The molecule has 0 spiro atoms. The number of hydrogen-bond donors (Lipinski definition) is 6. The summed E-state index contributed by atoms with van der Waals surface area (Å²) in [6, 6.07) is 4.46. The quantitative estimate of drug-likeness (QED) is 0.119. The first-order valence-electron chi connectivity index (χ1n) is 13.8. The van der Waals surface area contributed by atoms with Gasteiger partial charge in [-0.05, 0) is 34.1 Å². The SMILES string of the molecule is C=C(Br)C(=O)Nc1cc(C(=O)Nc2cc(C(=O)Nc3cc(C(=O)Nc4cn(C)c(C(=O)NCCC(N)=O)n4)n(C)c3)n(C)c2)n(C)c1. The molecule has 4 aromatic rings. The van der Waals surface area contributed by atoms with Gasteiger partial charge in [-0.25, -0.2) is 4.98 Å². The van der Waals surface area contributed by atoms with Crippen molar-refractivity contribution < 1.29 is 28.8 Å². The first-order chi connectivity index (χ1) is 22.1. The highest BCUT2D eigenvalue weighted by Crippen LogP contribution is 2.21. The molecule has 7 N–H and O–H groups in total. The van der Waals surface area contributed by atoms with Crippen LogP contribution in [0.1, 0.15) is 48.5 Å². The normalized spacial score (nSPS) is 10.7. The van der Waals surface area contributed by atoms with Gasteiger partial charge in [0.25, 0.3) is 29.5 Å². The second kappa shape index (κ2) is 14.0. The first kappa shape index (κ1) is 34.0. The van der Waals surface area contributed by atoms with Crippen molar-refractivity contribution in [2.24, 2.45) is 33.9 Å². The van der Waals surface area contributed by atoms with Crippen LogP contribution in [-0.4, -0.2) is 65.2 Å². The highest BCUT2D eigenvalue weighted by molar-refractivity contribution is 9.12. The van der Waals surface area contributed by atoms with Gasteiger partial charge in [-0.15, -0.1) is 0 Å². The van der Waals surface area contributed by atoms with Crippen molar-refractivity contribution in [2.45, 2.75) is 6.42 Å². The highest BCUT2D eigenvalue weighted by Gasteiger charge is 2.20. The van der Waals surface area contributed by atoms with E-state index in [2.05, 4.69) is 54.1 Å². The number of nitrogens with zero attached hydrogens (tertiary/aromatic N) is 5. The van der Waals surface area contributed by atoms with Crippen molar-refractivity contribution in [1.82, 2.24) is 28.6 Å². The topological polar surface area (TPSA) is 221 Å². The zero-order valence-corrected chi connectivity index (χ0v) is 27.4. The molecule has 0 atom stereocenters. The molecule has 4 heterocycles. The van der Waals surface area contributed by atoms with E-state index in [0.717, 1.165) is 0 Å². The van der Waals surface area contributed by atoms with E-state index in [-0.39, 0.29) is 46.2 Å². The van der Waals surface area contributed by atoms with E-state index in [1.54, 1.807) is 51.3 Å². The van der Waals surface area contributed by atoms with Crippen LogP contribution in [0.5, 0.6) is 0 Å². The molecular formula is C29H32BrN11O6. The maximum absolute atomic E-state index is 13.1. The molecule has 0 aliphatic rings. The van der Waals surface area contributed by atoms with Crippen molar-refractivity contribution in [3.05, 3.63) is 77.0 Å². The van der Waals surface area contributed by atoms with Crippen molar-refractivity contribution in [2.75, 3.05) is 27.8 Å². The minimum Gasteiger partial charge on any atom is -0.370 e. The van der Waals surface area contributed by atoms with E-state index >= 15 is 0 Å². The Morgan fingerprint density at radius 1 is 0.702 bits per heavy atom. The molecule has 0 bridgehead atoms. The Kier molecular flexibility index (Phi) is 10.1. The van der Waals surface area contributed by atoms with Gasteiger partial charge in [0.05, 0.1) is 21.5 Å². The van der Waals surface area contributed by atoms with Crippen LogP contribution in [0.3, 0.4) is 0 Å².